The zero-order valence-corrected chi connectivity index (χ0v) is 11.5. The second kappa shape index (κ2) is 7.09. The highest BCUT2D eigenvalue weighted by Crippen LogP contribution is 2.23. The summed E-state index contributed by atoms with van der Waals surface area (Å²) in [5.41, 5.74) is 0.541. The van der Waals surface area contributed by atoms with Crippen molar-refractivity contribution in [2.24, 2.45) is 0 Å². The van der Waals surface area contributed by atoms with E-state index in [4.69, 9.17) is 14.6 Å². The lowest BCUT2D eigenvalue weighted by Gasteiger charge is -2.39. The van der Waals surface area contributed by atoms with Gasteiger partial charge in [-0.1, -0.05) is 0 Å². The summed E-state index contributed by atoms with van der Waals surface area (Å²) in [5.74, 6) is 0. The Morgan fingerprint density at radius 2 is 1.77 bits per heavy atom. The van der Waals surface area contributed by atoms with Crippen molar-refractivity contribution in [1.29, 1.82) is 0 Å². The molecule has 122 valence electrons. The number of hydrogen-bond donors (Lipinski definition) is 4. The first-order chi connectivity index (χ1) is 10.4. The highest BCUT2D eigenvalue weighted by atomic mass is 16.7. The average molecular weight is 315 g/mol. The molecular weight excluding hydrogens is 298 g/mol. The van der Waals surface area contributed by atoms with Crippen LogP contribution >= 0.6 is 0 Å². The van der Waals surface area contributed by atoms with Gasteiger partial charge in [-0.2, -0.15) is 0 Å². The Labute approximate surface area is 125 Å². The lowest BCUT2D eigenvalue weighted by atomic mass is 9.99. The van der Waals surface area contributed by atoms with Crippen molar-refractivity contribution in [3.63, 3.8) is 0 Å². The smallest absolute Gasteiger partial charge is 0.269 e. The van der Waals surface area contributed by atoms with E-state index in [2.05, 4.69) is 0 Å². The third-order valence-electron chi connectivity index (χ3n) is 3.41. The average Bonchev–Trinajstić information content (AvgIpc) is 2.52. The molecule has 22 heavy (non-hydrogen) atoms. The van der Waals surface area contributed by atoms with Gasteiger partial charge in [0, 0.05) is 12.1 Å². The normalized spacial score (nSPS) is 31.9. The summed E-state index contributed by atoms with van der Waals surface area (Å²) in [6.07, 6.45) is -6.70. The molecule has 1 aliphatic rings. The lowest BCUT2D eigenvalue weighted by Crippen LogP contribution is -2.59. The van der Waals surface area contributed by atoms with Gasteiger partial charge >= 0.3 is 0 Å². The van der Waals surface area contributed by atoms with Gasteiger partial charge in [0.1, 0.15) is 24.4 Å². The largest absolute Gasteiger partial charge is 0.394 e. The second-order valence-electron chi connectivity index (χ2n) is 4.93. The Kier molecular flexibility index (Phi) is 5.40. The Bertz CT molecular complexity index is 505. The SMILES string of the molecule is O=[N+]([O-])c1ccc(COC2OC(CO)C(O)C(O)C2O)cc1. The Hall–Kier alpha value is -1.62. The van der Waals surface area contributed by atoms with Crippen LogP contribution in [0.1, 0.15) is 5.56 Å². The molecule has 1 heterocycles. The summed E-state index contributed by atoms with van der Waals surface area (Å²) >= 11 is 0. The molecule has 1 aromatic carbocycles. The van der Waals surface area contributed by atoms with Crippen molar-refractivity contribution < 1.29 is 34.8 Å². The quantitative estimate of drug-likeness (QED) is 0.396. The molecule has 0 amide bonds. The molecule has 9 heteroatoms. The van der Waals surface area contributed by atoms with Crippen LogP contribution in [-0.4, -0.2) is 62.7 Å². The van der Waals surface area contributed by atoms with E-state index in [9.17, 15) is 25.4 Å². The summed E-state index contributed by atoms with van der Waals surface area (Å²) in [6.45, 7) is -0.566. The van der Waals surface area contributed by atoms with E-state index in [1.165, 1.54) is 24.3 Å². The van der Waals surface area contributed by atoms with Gasteiger partial charge < -0.3 is 29.9 Å². The first kappa shape index (κ1) is 16.7. The summed E-state index contributed by atoms with van der Waals surface area (Å²) in [6, 6.07) is 5.60. The summed E-state index contributed by atoms with van der Waals surface area (Å²) in [5, 5.41) is 48.6. The van der Waals surface area contributed by atoms with E-state index in [1.54, 1.807) is 0 Å². The molecule has 2 rings (SSSR count). The molecule has 1 saturated heterocycles. The van der Waals surface area contributed by atoms with Crippen LogP contribution in [-0.2, 0) is 16.1 Å². The number of benzene rings is 1. The Morgan fingerprint density at radius 3 is 2.32 bits per heavy atom. The van der Waals surface area contributed by atoms with Gasteiger partial charge in [0.05, 0.1) is 18.1 Å². The van der Waals surface area contributed by atoms with Gasteiger partial charge in [-0.15, -0.1) is 0 Å². The van der Waals surface area contributed by atoms with Crippen LogP contribution in [0.25, 0.3) is 0 Å². The Morgan fingerprint density at radius 1 is 1.14 bits per heavy atom. The molecule has 5 unspecified atom stereocenters. The van der Waals surface area contributed by atoms with Crippen molar-refractivity contribution >= 4 is 5.69 Å². The lowest BCUT2D eigenvalue weighted by molar-refractivity contribution is -0.384. The van der Waals surface area contributed by atoms with Gasteiger partial charge in [-0.25, -0.2) is 0 Å². The maximum Gasteiger partial charge on any atom is 0.269 e. The van der Waals surface area contributed by atoms with Gasteiger partial charge in [0.25, 0.3) is 5.69 Å². The molecule has 0 spiro atoms. The maximum absolute atomic E-state index is 10.5. The van der Waals surface area contributed by atoms with Crippen LogP contribution in [0.15, 0.2) is 24.3 Å². The number of aliphatic hydroxyl groups excluding tert-OH is 4. The second-order valence-corrected chi connectivity index (χ2v) is 4.93. The molecule has 1 fully saturated rings. The molecule has 0 saturated carbocycles. The number of nitrogens with zero attached hydrogens (tertiary/aromatic N) is 1. The number of rotatable bonds is 5. The van der Waals surface area contributed by atoms with Crippen LogP contribution in [0.5, 0.6) is 0 Å². The van der Waals surface area contributed by atoms with Crippen LogP contribution in [0.3, 0.4) is 0 Å². The Balaban J connectivity index is 1.96. The number of hydrogen-bond acceptors (Lipinski definition) is 8. The number of nitro benzene ring substituents is 1. The zero-order valence-electron chi connectivity index (χ0n) is 11.5. The standard InChI is InChI=1S/C13H17NO8/c15-5-9-10(16)11(17)12(18)13(22-9)21-6-7-1-3-8(4-2-7)14(19)20/h1-4,9-13,15-18H,5-6H2. The van der Waals surface area contributed by atoms with E-state index in [-0.39, 0.29) is 12.3 Å². The van der Waals surface area contributed by atoms with Crippen molar-refractivity contribution in [3.05, 3.63) is 39.9 Å². The monoisotopic (exact) mass is 315 g/mol. The van der Waals surface area contributed by atoms with Crippen LogP contribution in [0.4, 0.5) is 5.69 Å². The summed E-state index contributed by atoms with van der Waals surface area (Å²) < 4.78 is 10.5. The molecule has 0 aliphatic carbocycles. The van der Waals surface area contributed by atoms with Crippen molar-refractivity contribution in [2.75, 3.05) is 6.61 Å². The highest BCUT2D eigenvalue weighted by molar-refractivity contribution is 5.32. The molecule has 9 nitrogen and oxygen atoms in total. The van der Waals surface area contributed by atoms with Gasteiger partial charge in [-0.3, -0.25) is 10.1 Å². The van der Waals surface area contributed by atoms with E-state index in [0.717, 1.165) is 0 Å². The van der Waals surface area contributed by atoms with Crippen LogP contribution < -0.4 is 0 Å². The third kappa shape index (κ3) is 3.58. The molecule has 4 N–H and O–H groups in total. The predicted molar refractivity (Wildman–Crippen MR) is 71.7 cm³/mol. The third-order valence-corrected chi connectivity index (χ3v) is 3.41. The van der Waals surface area contributed by atoms with Gasteiger partial charge in [0.2, 0.25) is 0 Å². The summed E-state index contributed by atoms with van der Waals surface area (Å²) in [7, 11) is 0. The predicted octanol–water partition coefficient (Wildman–Crippen LogP) is -1.09. The van der Waals surface area contributed by atoms with Crippen molar-refractivity contribution in [3.8, 4) is 0 Å². The van der Waals surface area contributed by atoms with Crippen LogP contribution in [0, 0.1) is 10.1 Å². The molecular formula is C13H17NO8. The molecule has 1 aromatic rings. The van der Waals surface area contributed by atoms with Crippen molar-refractivity contribution in [2.45, 2.75) is 37.3 Å². The topological polar surface area (TPSA) is 143 Å². The molecule has 0 aromatic heterocycles. The molecule has 0 radical (unpaired) electrons. The fourth-order valence-electron chi connectivity index (χ4n) is 2.10. The fraction of sp³-hybridized carbons (Fsp3) is 0.538. The summed E-state index contributed by atoms with van der Waals surface area (Å²) in [4.78, 5) is 10.0. The van der Waals surface area contributed by atoms with E-state index in [0.29, 0.717) is 5.56 Å². The zero-order chi connectivity index (χ0) is 16.3. The van der Waals surface area contributed by atoms with Gasteiger partial charge in [0.15, 0.2) is 6.29 Å². The first-order valence-corrected chi connectivity index (χ1v) is 6.59. The number of aliphatic hydroxyl groups is 4. The number of non-ortho nitro benzene ring substituents is 1. The number of nitro groups is 1. The van der Waals surface area contributed by atoms with Gasteiger partial charge in [-0.05, 0) is 17.7 Å². The van der Waals surface area contributed by atoms with Crippen molar-refractivity contribution in [1.82, 2.24) is 0 Å². The minimum absolute atomic E-state index is 0.0271. The maximum atomic E-state index is 10.5. The molecule has 5 atom stereocenters. The van der Waals surface area contributed by atoms with E-state index >= 15 is 0 Å². The highest BCUT2D eigenvalue weighted by Gasteiger charge is 2.43. The van der Waals surface area contributed by atoms with E-state index < -0.39 is 42.2 Å². The molecule has 1 aliphatic heterocycles. The number of ether oxygens (including phenoxy) is 2. The van der Waals surface area contributed by atoms with E-state index in [1.807, 2.05) is 0 Å². The van der Waals surface area contributed by atoms with Crippen LogP contribution in [0.2, 0.25) is 0 Å². The minimum atomic E-state index is -1.51. The minimum Gasteiger partial charge on any atom is -0.394 e. The fourth-order valence-corrected chi connectivity index (χ4v) is 2.10. The first-order valence-electron chi connectivity index (χ1n) is 6.59. The molecule has 0 bridgehead atoms.